The Morgan fingerprint density at radius 3 is 2.42 bits per heavy atom. The molecular weight excluding hydrogens is 156 g/mol. The van der Waals surface area contributed by atoms with Crippen LogP contribution in [0.25, 0.3) is 0 Å². The highest BCUT2D eigenvalue weighted by atomic mass is 16.4. The summed E-state index contributed by atoms with van der Waals surface area (Å²) in [5.74, 6) is 1.14. The highest BCUT2D eigenvalue weighted by Crippen LogP contribution is 2.55. The highest BCUT2D eigenvalue weighted by Gasteiger charge is 2.46. The normalized spacial score (nSPS) is 40.6. The van der Waals surface area contributed by atoms with Gasteiger partial charge >= 0.3 is 5.97 Å². The summed E-state index contributed by atoms with van der Waals surface area (Å²) in [6.07, 6.45) is 2.97. The van der Waals surface area contributed by atoms with Gasteiger partial charge in [0.15, 0.2) is 6.10 Å². The number of carboxylic acid groups (broad SMARTS) is 1. The van der Waals surface area contributed by atoms with Crippen molar-refractivity contribution in [2.75, 3.05) is 0 Å². The Bertz CT molecular complexity index is 192. The van der Waals surface area contributed by atoms with Crippen LogP contribution in [0, 0.1) is 17.8 Å². The van der Waals surface area contributed by atoms with Crippen LogP contribution >= 0.6 is 0 Å². The molecule has 0 radical (unpaired) electrons. The van der Waals surface area contributed by atoms with Gasteiger partial charge in [0.25, 0.3) is 0 Å². The predicted octanol–water partition coefficient (Wildman–Crippen LogP) is 0.868. The second kappa shape index (κ2) is 2.73. The Kier molecular flexibility index (Phi) is 1.83. The van der Waals surface area contributed by atoms with Crippen LogP contribution in [0.15, 0.2) is 0 Å². The van der Waals surface area contributed by atoms with Crippen molar-refractivity contribution in [3.05, 3.63) is 0 Å². The zero-order valence-electron chi connectivity index (χ0n) is 6.94. The molecular formula is C9H14O3. The maximum absolute atomic E-state index is 10.3. The molecule has 2 aliphatic rings. The van der Waals surface area contributed by atoms with E-state index in [9.17, 15) is 4.79 Å². The summed E-state index contributed by atoms with van der Waals surface area (Å²) in [6.45, 7) is 0. The summed E-state index contributed by atoms with van der Waals surface area (Å²) in [5, 5.41) is 17.6. The largest absolute Gasteiger partial charge is 0.479 e. The molecule has 0 aliphatic heterocycles. The number of rotatable bonds is 3. The van der Waals surface area contributed by atoms with E-state index in [-0.39, 0.29) is 0 Å². The van der Waals surface area contributed by atoms with E-state index in [1.807, 2.05) is 0 Å². The summed E-state index contributed by atoms with van der Waals surface area (Å²) >= 11 is 0. The molecule has 0 amide bonds. The van der Waals surface area contributed by atoms with Crippen molar-refractivity contribution in [2.45, 2.75) is 31.8 Å². The van der Waals surface area contributed by atoms with Gasteiger partial charge in [-0.15, -0.1) is 0 Å². The summed E-state index contributed by atoms with van der Waals surface area (Å²) in [7, 11) is 0. The van der Waals surface area contributed by atoms with E-state index in [1.54, 1.807) is 0 Å². The quantitative estimate of drug-likeness (QED) is 0.660. The van der Waals surface area contributed by atoms with Crippen molar-refractivity contribution in [2.24, 2.45) is 17.8 Å². The molecule has 2 aliphatic carbocycles. The molecule has 0 bridgehead atoms. The number of hydrogen-bond donors (Lipinski definition) is 2. The molecule has 0 saturated heterocycles. The van der Waals surface area contributed by atoms with E-state index >= 15 is 0 Å². The van der Waals surface area contributed by atoms with Gasteiger partial charge in [0, 0.05) is 0 Å². The lowest BCUT2D eigenvalue weighted by Gasteiger charge is -2.13. The van der Waals surface area contributed by atoms with E-state index in [1.165, 1.54) is 6.42 Å². The van der Waals surface area contributed by atoms with E-state index < -0.39 is 12.1 Å². The van der Waals surface area contributed by atoms with Crippen LogP contribution in [0.4, 0.5) is 0 Å². The van der Waals surface area contributed by atoms with E-state index in [4.69, 9.17) is 10.2 Å². The molecule has 2 rings (SSSR count). The summed E-state index contributed by atoms with van der Waals surface area (Å²) in [4.78, 5) is 10.3. The Morgan fingerprint density at radius 1 is 1.33 bits per heavy atom. The lowest BCUT2D eigenvalue weighted by atomic mass is 9.96. The van der Waals surface area contributed by atoms with E-state index in [0.717, 1.165) is 24.7 Å². The molecule has 3 unspecified atom stereocenters. The maximum atomic E-state index is 10.3. The Labute approximate surface area is 71.4 Å². The fourth-order valence-electron chi connectivity index (χ4n) is 2.45. The zero-order valence-corrected chi connectivity index (χ0v) is 6.94. The van der Waals surface area contributed by atoms with Crippen molar-refractivity contribution in [3.63, 3.8) is 0 Å². The number of hydrogen-bond acceptors (Lipinski definition) is 2. The SMILES string of the molecule is O=C(O)C(O)CC1CC2CC2C1. The van der Waals surface area contributed by atoms with E-state index in [0.29, 0.717) is 12.3 Å². The molecule has 2 saturated carbocycles. The van der Waals surface area contributed by atoms with Gasteiger partial charge in [-0.1, -0.05) is 0 Å². The van der Waals surface area contributed by atoms with Crippen LogP contribution in [-0.4, -0.2) is 22.3 Å². The number of fused-ring (bicyclic) bond motifs is 1. The van der Waals surface area contributed by atoms with E-state index in [2.05, 4.69) is 0 Å². The first kappa shape index (κ1) is 8.05. The average molecular weight is 170 g/mol. The third-order valence-corrected chi connectivity index (χ3v) is 3.18. The van der Waals surface area contributed by atoms with Gasteiger partial charge in [-0.05, 0) is 43.4 Å². The second-order valence-electron chi connectivity index (χ2n) is 4.18. The van der Waals surface area contributed by atoms with Crippen molar-refractivity contribution < 1.29 is 15.0 Å². The molecule has 3 atom stereocenters. The topological polar surface area (TPSA) is 57.5 Å². The van der Waals surface area contributed by atoms with Gasteiger partial charge in [0.2, 0.25) is 0 Å². The Balaban J connectivity index is 1.76. The predicted molar refractivity (Wildman–Crippen MR) is 42.6 cm³/mol. The summed E-state index contributed by atoms with van der Waals surface area (Å²) < 4.78 is 0. The lowest BCUT2D eigenvalue weighted by molar-refractivity contribution is -0.147. The third kappa shape index (κ3) is 1.46. The number of aliphatic hydroxyl groups is 1. The molecule has 3 nitrogen and oxygen atoms in total. The molecule has 0 aromatic rings. The fraction of sp³-hybridized carbons (Fsp3) is 0.889. The van der Waals surface area contributed by atoms with Crippen molar-refractivity contribution in [1.29, 1.82) is 0 Å². The first-order valence-corrected chi connectivity index (χ1v) is 4.57. The minimum Gasteiger partial charge on any atom is -0.479 e. The van der Waals surface area contributed by atoms with Gasteiger partial charge in [0.05, 0.1) is 0 Å². The summed E-state index contributed by atoms with van der Waals surface area (Å²) in [5.41, 5.74) is 0. The summed E-state index contributed by atoms with van der Waals surface area (Å²) in [6, 6.07) is 0. The molecule has 3 heteroatoms. The standard InChI is InChI=1S/C9H14O3/c10-8(9(11)12)3-5-1-6-4-7(6)2-5/h5-8,10H,1-4H2,(H,11,12). The van der Waals surface area contributed by atoms with Crippen LogP contribution in [0.5, 0.6) is 0 Å². The third-order valence-electron chi connectivity index (χ3n) is 3.18. The average Bonchev–Trinajstić information content (AvgIpc) is 2.59. The highest BCUT2D eigenvalue weighted by molar-refractivity contribution is 5.71. The smallest absolute Gasteiger partial charge is 0.332 e. The van der Waals surface area contributed by atoms with Crippen LogP contribution in [-0.2, 0) is 4.79 Å². The minimum absolute atomic E-state index is 0.461. The number of aliphatic carboxylic acids is 1. The van der Waals surface area contributed by atoms with Crippen LogP contribution in [0.1, 0.15) is 25.7 Å². The number of carboxylic acids is 1. The molecule has 12 heavy (non-hydrogen) atoms. The maximum Gasteiger partial charge on any atom is 0.332 e. The molecule has 68 valence electrons. The molecule has 2 N–H and O–H groups in total. The van der Waals surface area contributed by atoms with Gasteiger partial charge in [0.1, 0.15) is 0 Å². The zero-order chi connectivity index (χ0) is 8.72. The van der Waals surface area contributed by atoms with Gasteiger partial charge in [-0.3, -0.25) is 0 Å². The van der Waals surface area contributed by atoms with Crippen molar-refractivity contribution in [3.8, 4) is 0 Å². The lowest BCUT2D eigenvalue weighted by Crippen LogP contribution is -2.22. The first-order chi connectivity index (χ1) is 5.66. The first-order valence-electron chi connectivity index (χ1n) is 4.57. The molecule has 0 aromatic carbocycles. The van der Waals surface area contributed by atoms with Crippen molar-refractivity contribution in [1.82, 2.24) is 0 Å². The van der Waals surface area contributed by atoms with Gasteiger partial charge in [-0.25, -0.2) is 4.79 Å². The Morgan fingerprint density at radius 2 is 1.92 bits per heavy atom. The van der Waals surface area contributed by atoms with Crippen LogP contribution < -0.4 is 0 Å². The molecule has 0 spiro atoms. The minimum atomic E-state index is -1.13. The van der Waals surface area contributed by atoms with Crippen LogP contribution in [0.2, 0.25) is 0 Å². The molecule has 2 fully saturated rings. The monoisotopic (exact) mass is 170 g/mol. The fourth-order valence-corrected chi connectivity index (χ4v) is 2.45. The Hall–Kier alpha value is -0.570. The van der Waals surface area contributed by atoms with Crippen molar-refractivity contribution >= 4 is 5.97 Å². The molecule has 0 heterocycles. The number of carbonyl (C=O) groups is 1. The van der Waals surface area contributed by atoms with Gasteiger partial charge in [-0.2, -0.15) is 0 Å². The second-order valence-corrected chi connectivity index (χ2v) is 4.18. The number of aliphatic hydroxyl groups excluding tert-OH is 1. The van der Waals surface area contributed by atoms with Gasteiger partial charge < -0.3 is 10.2 Å². The molecule has 0 aromatic heterocycles. The van der Waals surface area contributed by atoms with Crippen LogP contribution in [0.3, 0.4) is 0 Å².